The molecule has 1 N–H and O–H groups in total. The average molecular weight is 341 g/mol. The maximum atomic E-state index is 11.4. The summed E-state index contributed by atoms with van der Waals surface area (Å²) in [6.07, 6.45) is 4.46. The van der Waals surface area contributed by atoms with Crippen LogP contribution in [0.4, 0.5) is 0 Å². The number of phenols is 1. The number of aromatic nitrogens is 1. The monoisotopic (exact) mass is 341 g/mol. The lowest BCUT2D eigenvalue weighted by molar-refractivity contribution is -0.134. The Bertz CT molecular complexity index is 804. The van der Waals surface area contributed by atoms with E-state index < -0.39 is 5.97 Å². The van der Waals surface area contributed by atoms with Crippen LogP contribution in [-0.2, 0) is 14.9 Å². The van der Waals surface area contributed by atoms with Crippen molar-refractivity contribution in [2.75, 3.05) is 14.2 Å². The number of hydrogen-bond donors (Lipinski definition) is 1. The average Bonchev–Trinajstić information content (AvgIpc) is 2.59. The van der Waals surface area contributed by atoms with Crippen molar-refractivity contribution < 1.29 is 19.4 Å². The minimum absolute atomic E-state index is 0.0550. The van der Waals surface area contributed by atoms with Crippen LogP contribution < -0.4 is 4.74 Å². The lowest BCUT2D eigenvalue weighted by Gasteiger charge is -2.22. The first kappa shape index (κ1) is 18.5. The van der Waals surface area contributed by atoms with Crippen LogP contribution in [-0.4, -0.2) is 30.3 Å². The van der Waals surface area contributed by atoms with Gasteiger partial charge in [-0.1, -0.05) is 20.8 Å². The van der Waals surface area contributed by atoms with Gasteiger partial charge in [-0.05, 0) is 41.3 Å². The first-order valence-electron chi connectivity index (χ1n) is 7.91. The second-order valence-electron chi connectivity index (χ2n) is 6.63. The number of rotatable bonds is 4. The molecule has 25 heavy (non-hydrogen) atoms. The summed E-state index contributed by atoms with van der Waals surface area (Å²) in [6.45, 7) is 6.24. The van der Waals surface area contributed by atoms with Crippen LogP contribution >= 0.6 is 0 Å². The number of carbonyl (C=O) groups excluding carboxylic acids is 1. The number of esters is 1. The molecule has 0 fully saturated rings. The lowest BCUT2D eigenvalue weighted by atomic mass is 9.83. The summed E-state index contributed by atoms with van der Waals surface area (Å²) in [5.74, 6) is -0.00715. The zero-order chi connectivity index (χ0) is 18.6. The highest BCUT2D eigenvalue weighted by Crippen LogP contribution is 2.40. The van der Waals surface area contributed by atoms with E-state index in [0.29, 0.717) is 22.6 Å². The van der Waals surface area contributed by atoms with E-state index in [2.05, 4.69) is 30.5 Å². The molecular weight excluding hydrogens is 318 g/mol. The predicted molar refractivity (Wildman–Crippen MR) is 97.6 cm³/mol. The van der Waals surface area contributed by atoms with Crippen molar-refractivity contribution in [2.24, 2.45) is 0 Å². The van der Waals surface area contributed by atoms with Crippen molar-refractivity contribution in [3.05, 3.63) is 47.7 Å². The van der Waals surface area contributed by atoms with Crippen molar-refractivity contribution in [3.63, 3.8) is 0 Å². The molecule has 1 aromatic heterocycles. The van der Waals surface area contributed by atoms with Gasteiger partial charge in [0.2, 0.25) is 5.88 Å². The summed E-state index contributed by atoms with van der Waals surface area (Å²) in [7, 11) is 2.85. The molecule has 0 unspecified atom stereocenters. The number of methoxy groups -OCH3 is 2. The summed E-state index contributed by atoms with van der Waals surface area (Å²) in [5.41, 5.74) is 2.67. The SMILES string of the molecule is COC(=O)/C=C/c1cc(C(C)(C)C)cc(-c2cccnc2OC)c1O. The molecule has 2 aromatic rings. The van der Waals surface area contributed by atoms with Gasteiger partial charge in [-0.2, -0.15) is 0 Å². The quantitative estimate of drug-likeness (QED) is 0.674. The molecule has 0 bridgehead atoms. The first-order valence-corrected chi connectivity index (χ1v) is 7.91. The standard InChI is InChI=1S/C20H23NO4/c1-20(2,3)14-11-13(8-9-17(22)24-4)18(23)16(12-14)15-7-6-10-21-19(15)25-5/h6-12,23H,1-5H3/b9-8+. The fourth-order valence-electron chi connectivity index (χ4n) is 2.41. The van der Waals surface area contributed by atoms with Gasteiger partial charge in [0.25, 0.3) is 0 Å². The summed E-state index contributed by atoms with van der Waals surface area (Å²) in [6, 6.07) is 7.40. The molecule has 132 valence electrons. The molecule has 5 nitrogen and oxygen atoms in total. The van der Waals surface area contributed by atoms with Gasteiger partial charge >= 0.3 is 5.97 Å². The number of phenolic OH excluding ortho intramolecular Hbond substituents is 1. The maximum Gasteiger partial charge on any atom is 0.330 e. The van der Waals surface area contributed by atoms with Gasteiger partial charge in [-0.25, -0.2) is 9.78 Å². The fourth-order valence-corrected chi connectivity index (χ4v) is 2.41. The second kappa shape index (κ2) is 7.38. The van der Waals surface area contributed by atoms with Crippen molar-refractivity contribution in [2.45, 2.75) is 26.2 Å². The third-order valence-corrected chi connectivity index (χ3v) is 3.86. The zero-order valence-electron chi connectivity index (χ0n) is 15.2. The molecule has 0 atom stereocenters. The zero-order valence-corrected chi connectivity index (χ0v) is 15.2. The Morgan fingerprint density at radius 1 is 1.20 bits per heavy atom. The van der Waals surface area contributed by atoms with Crippen LogP contribution in [0.5, 0.6) is 11.6 Å². The van der Waals surface area contributed by atoms with Gasteiger partial charge in [-0.15, -0.1) is 0 Å². The van der Waals surface area contributed by atoms with Gasteiger partial charge in [0.15, 0.2) is 0 Å². The van der Waals surface area contributed by atoms with Crippen LogP contribution in [0, 0.1) is 0 Å². The summed E-state index contributed by atoms with van der Waals surface area (Å²) < 4.78 is 9.94. The third-order valence-electron chi connectivity index (χ3n) is 3.86. The number of carbonyl (C=O) groups is 1. The van der Waals surface area contributed by atoms with Crippen LogP contribution in [0.25, 0.3) is 17.2 Å². The molecule has 0 saturated heterocycles. The fraction of sp³-hybridized carbons (Fsp3) is 0.300. The van der Waals surface area contributed by atoms with Gasteiger partial charge in [-0.3, -0.25) is 0 Å². The number of aromatic hydroxyl groups is 1. The Kier molecular flexibility index (Phi) is 5.47. The van der Waals surface area contributed by atoms with Crippen LogP contribution in [0.2, 0.25) is 0 Å². The Morgan fingerprint density at radius 2 is 1.92 bits per heavy atom. The van der Waals surface area contributed by atoms with E-state index in [1.807, 2.05) is 18.2 Å². The van der Waals surface area contributed by atoms with Gasteiger partial charge in [0, 0.05) is 29.0 Å². The molecular formula is C20H23NO4. The molecule has 0 radical (unpaired) electrons. The van der Waals surface area contributed by atoms with Crippen LogP contribution in [0.1, 0.15) is 31.9 Å². The van der Waals surface area contributed by atoms with Gasteiger partial charge < -0.3 is 14.6 Å². The largest absolute Gasteiger partial charge is 0.507 e. The number of ether oxygens (including phenoxy) is 2. The normalized spacial score (nSPS) is 11.6. The molecule has 0 spiro atoms. The molecule has 0 aliphatic rings. The Morgan fingerprint density at radius 3 is 2.52 bits per heavy atom. The number of hydrogen-bond acceptors (Lipinski definition) is 5. The second-order valence-corrected chi connectivity index (χ2v) is 6.63. The highest BCUT2D eigenvalue weighted by molar-refractivity contribution is 5.89. The smallest absolute Gasteiger partial charge is 0.330 e. The number of benzene rings is 1. The van der Waals surface area contributed by atoms with Gasteiger partial charge in [0.1, 0.15) is 5.75 Å². The molecule has 0 amide bonds. The van der Waals surface area contributed by atoms with Crippen LogP contribution in [0.3, 0.4) is 0 Å². The maximum absolute atomic E-state index is 11.4. The van der Waals surface area contributed by atoms with E-state index in [1.165, 1.54) is 20.3 Å². The lowest BCUT2D eigenvalue weighted by Crippen LogP contribution is -2.11. The predicted octanol–water partition coefficient (Wildman–Crippen LogP) is 3.95. The topological polar surface area (TPSA) is 68.7 Å². The minimum Gasteiger partial charge on any atom is -0.507 e. The van der Waals surface area contributed by atoms with Gasteiger partial charge in [0.05, 0.1) is 14.2 Å². The van der Waals surface area contributed by atoms with Crippen molar-refractivity contribution >= 4 is 12.0 Å². The van der Waals surface area contributed by atoms with E-state index in [4.69, 9.17) is 4.74 Å². The van der Waals surface area contributed by atoms with Crippen molar-refractivity contribution in [1.29, 1.82) is 0 Å². The van der Waals surface area contributed by atoms with Crippen molar-refractivity contribution in [1.82, 2.24) is 4.98 Å². The van der Waals surface area contributed by atoms with Crippen LogP contribution in [0.15, 0.2) is 36.5 Å². The molecule has 1 heterocycles. The molecule has 0 saturated carbocycles. The molecule has 2 rings (SSSR count). The number of pyridine rings is 1. The minimum atomic E-state index is -0.485. The summed E-state index contributed by atoms with van der Waals surface area (Å²) >= 11 is 0. The summed E-state index contributed by atoms with van der Waals surface area (Å²) in [5, 5.41) is 10.8. The van der Waals surface area contributed by atoms with E-state index in [9.17, 15) is 9.90 Å². The molecule has 1 aromatic carbocycles. The van der Waals surface area contributed by atoms with E-state index in [-0.39, 0.29) is 11.2 Å². The Hall–Kier alpha value is -2.82. The van der Waals surface area contributed by atoms with E-state index in [1.54, 1.807) is 18.3 Å². The highest BCUT2D eigenvalue weighted by Gasteiger charge is 2.20. The Balaban J connectivity index is 2.70. The Labute approximate surface area is 147 Å². The highest BCUT2D eigenvalue weighted by atomic mass is 16.5. The molecule has 0 aliphatic heterocycles. The third kappa shape index (κ3) is 4.18. The summed E-state index contributed by atoms with van der Waals surface area (Å²) in [4.78, 5) is 15.6. The van der Waals surface area contributed by atoms with E-state index in [0.717, 1.165) is 5.56 Å². The van der Waals surface area contributed by atoms with Crippen molar-refractivity contribution in [3.8, 4) is 22.8 Å². The molecule has 0 aliphatic carbocycles. The molecule has 5 heteroatoms. The van der Waals surface area contributed by atoms with E-state index >= 15 is 0 Å². The number of nitrogens with zero attached hydrogens (tertiary/aromatic N) is 1. The first-order chi connectivity index (χ1) is 11.8.